The Labute approximate surface area is 270 Å². The number of nitrogens with zero attached hydrogens (tertiary/aromatic N) is 6. The Bertz CT molecular complexity index is 1970. The number of carbonyl (C=O) groups excluding carboxylic acids is 2. The molecule has 0 unspecified atom stereocenters. The summed E-state index contributed by atoms with van der Waals surface area (Å²) in [6.07, 6.45) is 4.89. The molecular weight excluding hydrogens is 598 g/mol. The molecule has 13 nitrogen and oxygen atoms in total. The van der Waals surface area contributed by atoms with Gasteiger partial charge in [0.25, 0.3) is 5.91 Å². The molecule has 2 aromatic carbocycles. The van der Waals surface area contributed by atoms with Crippen molar-refractivity contribution in [3.63, 3.8) is 0 Å². The number of H-pyrrole nitrogens is 2. The van der Waals surface area contributed by atoms with Crippen LogP contribution in [0.1, 0.15) is 24.2 Å². The van der Waals surface area contributed by atoms with E-state index in [1.54, 1.807) is 18.3 Å². The van der Waals surface area contributed by atoms with Crippen LogP contribution >= 0.6 is 0 Å². The van der Waals surface area contributed by atoms with Crippen LogP contribution < -0.4 is 5.32 Å². The van der Waals surface area contributed by atoms with E-state index in [1.807, 2.05) is 41.0 Å². The Balaban J connectivity index is 0.960. The van der Waals surface area contributed by atoms with Crippen LogP contribution in [0.4, 0.5) is 5.69 Å². The first-order chi connectivity index (χ1) is 22.8. The zero-order valence-corrected chi connectivity index (χ0v) is 26.2. The Morgan fingerprint density at radius 1 is 1.02 bits per heavy atom. The van der Waals surface area contributed by atoms with E-state index in [-0.39, 0.29) is 24.2 Å². The number of methoxy groups -OCH3 is 1. The van der Waals surface area contributed by atoms with Gasteiger partial charge in [-0.3, -0.25) is 24.7 Å². The predicted molar refractivity (Wildman–Crippen MR) is 176 cm³/mol. The maximum atomic E-state index is 13.6. The van der Waals surface area contributed by atoms with Crippen LogP contribution in [0.3, 0.4) is 0 Å². The lowest BCUT2D eigenvalue weighted by Gasteiger charge is -2.30. The van der Waals surface area contributed by atoms with E-state index < -0.39 is 5.60 Å². The summed E-state index contributed by atoms with van der Waals surface area (Å²) < 4.78 is 5.82. The van der Waals surface area contributed by atoms with Gasteiger partial charge in [-0.2, -0.15) is 10.2 Å². The van der Waals surface area contributed by atoms with E-state index in [0.29, 0.717) is 49.8 Å². The van der Waals surface area contributed by atoms with Crippen LogP contribution in [0.15, 0.2) is 66.9 Å². The van der Waals surface area contributed by atoms with E-state index >= 15 is 0 Å². The standard InChI is InChI=1S/C34H35N9O4/c1-21-36-32(41-38-21)24-5-3-22(4-6-24)23-11-14-43(15-12-23)30(45)19-42-16-13-34(20-42,47-2)33(46)37-26-8-9-28-27(17-26)31(40-39-28)25-7-10-29(44)35-18-25/h3-11,17-18H,12-16,19-20H2,1-2H3,(H,35,44)(H,37,46)(H,39,40)(H,36,38,41)/t34-/m0/s1. The molecule has 2 amide bonds. The van der Waals surface area contributed by atoms with Crippen molar-refractivity contribution in [3.8, 4) is 28.5 Å². The quantitative estimate of drug-likeness (QED) is 0.199. The molecule has 47 heavy (non-hydrogen) atoms. The van der Waals surface area contributed by atoms with Gasteiger partial charge in [-0.1, -0.05) is 30.3 Å². The Morgan fingerprint density at radius 3 is 2.53 bits per heavy atom. The Kier molecular flexibility index (Phi) is 8.00. The number of amides is 2. The highest BCUT2D eigenvalue weighted by molar-refractivity contribution is 6.01. The zero-order valence-electron chi connectivity index (χ0n) is 26.2. The normalized spacial score (nSPS) is 18.4. The SMILES string of the molecule is CO[C@@]1(C(=O)Nc2ccc3[nH]nc(-c4ccc(O)nc4)c3c2)CCN(CC(=O)N2CC=C(c3ccc(-c4n[nH]c(C)n4)cc3)CC2)C1. The van der Waals surface area contributed by atoms with E-state index in [2.05, 4.69) is 53.9 Å². The number of rotatable bonds is 8. The molecule has 0 bridgehead atoms. The molecule has 0 aliphatic carbocycles. The van der Waals surface area contributed by atoms with Crippen molar-refractivity contribution in [3.05, 3.63) is 78.3 Å². The molecule has 1 fully saturated rings. The van der Waals surface area contributed by atoms with E-state index in [4.69, 9.17) is 4.74 Å². The molecule has 0 saturated carbocycles. The summed E-state index contributed by atoms with van der Waals surface area (Å²) in [5, 5.41) is 27.9. The van der Waals surface area contributed by atoms with E-state index in [1.165, 1.54) is 18.7 Å². The average Bonchev–Trinajstić information content (AvgIpc) is 3.84. The van der Waals surface area contributed by atoms with Crippen molar-refractivity contribution in [2.24, 2.45) is 0 Å². The molecule has 3 aromatic heterocycles. The van der Waals surface area contributed by atoms with Gasteiger partial charge in [-0.05, 0) is 55.2 Å². The fourth-order valence-corrected chi connectivity index (χ4v) is 6.27. The highest BCUT2D eigenvalue weighted by Crippen LogP contribution is 2.31. The number of hydrogen-bond acceptors (Lipinski definition) is 9. The summed E-state index contributed by atoms with van der Waals surface area (Å²) in [4.78, 5) is 39.1. The number of aryl methyl sites for hydroxylation is 1. The molecule has 4 N–H and O–H groups in total. The Hall–Kier alpha value is -5.40. The Morgan fingerprint density at radius 2 is 1.83 bits per heavy atom. The van der Waals surface area contributed by atoms with Gasteiger partial charge >= 0.3 is 0 Å². The monoisotopic (exact) mass is 633 g/mol. The molecule has 2 aliphatic rings. The summed E-state index contributed by atoms with van der Waals surface area (Å²) in [5.41, 5.74) is 5.00. The van der Waals surface area contributed by atoms with Gasteiger partial charge in [0.05, 0.1) is 12.1 Å². The third-order valence-corrected chi connectivity index (χ3v) is 8.99. The fourth-order valence-electron chi connectivity index (χ4n) is 6.27. The lowest BCUT2D eigenvalue weighted by molar-refractivity contribution is -0.138. The number of benzene rings is 2. The van der Waals surface area contributed by atoms with Gasteiger partial charge in [0, 0.05) is 67.8 Å². The summed E-state index contributed by atoms with van der Waals surface area (Å²) >= 11 is 0. The van der Waals surface area contributed by atoms with Crippen molar-refractivity contribution in [2.75, 3.05) is 45.2 Å². The number of carbonyl (C=O) groups is 2. The maximum Gasteiger partial charge on any atom is 0.258 e. The van der Waals surface area contributed by atoms with Crippen LogP contribution in [0.25, 0.3) is 39.1 Å². The molecule has 0 spiro atoms. The number of pyridine rings is 1. The van der Waals surface area contributed by atoms with E-state index in [0.717, 1.165) is 39.8 Å². The lowest BCUT2D eigenvalue weighted by atomic mass is 9.98. The largest absolute Gasteiger partial charge is 0.493 e. The number of anilines is 1. The van der Waals surface area contributed by atoms with Crippen molar-refractivity contribution in [1.82, 2.24) is 40.2 Å². The van der Waals surface area contributed by atoms with Crippen molar-refractivity contribution >= 4 is 34.0 Å². The van der Waals surface area contributed by atoms with Crippen LogP contribution in [-0.2, 0) is 14.3 Å². The summed E-state index contributed by atoms with van der Waals surface area (Å²) in [6, 6.07) is 16.9. The minimum absolute atomic E-state index is 0.0320. The van der Waals surface area contributed by atoms with Crippen LogP contribution in [0.5, 0.6) is 5.88 Å². The topological polar surface area (TPSA) is 165 Å². The van der Waals surface area contributed by atoms with Gasteiger partial charge in [-0.15, -0.1) is 0 Å². The molecule has 7 rings (SSSR count). The second-order valence-corrected chi connectivity index (χ2v) is 12.0. The van der Waals surface area contributed by atoms with Gasteiger partial charge in [0.15, 0.2) is 11.4 Å². The average molecular weight is 634 g/mol. The van der Waals surface area contributed by atoms with E-state index in [9.17, 15) is 14.7 Å². The highest BCUT2D eigenvalue weighted by Gasteiger charge is 2.45. The zero-order chi connectivity index (χ0) is 32.5. The number of nitrogens with one attached hydrogen (secondary N) is 3. The highest BCUT2D eigenvalue weighted by atomic mass is 16.5. The molecule has 240 valence electrons. The molecule has 13 heteroatoms. The van der Waals surface area contributed by atoms with Crippen molar-refractivity contribution in [2.45, 2.75) is 25.4 Å². The second kappa shape index (κ2) is 12.4. The van der Waals surface area contributed by atoms with Gasteiger partial charge in [-0.25, -0.2) is 9.97 Å². The number of ether oxygens (including phenoxy) is 1. The van der Waals surface area contributed by atoms with Crippen LogP contribution in [0.2, 0.25) is 0 Å². The van der Waals surface area contributed by atoms with Crippen LogP contribution in [0, 0.1) is 6.92 Å². The van der Waals surface area contributed by atoms with Gasteiger partial charge in [0.2, 0.25) is 11.8 Å². The molecule has 5 heterocycles. The number of hydrogen-bond donors (Lipinski definition) is 4. The molecule has 5 aromatic rings. The molecular formula is C34H35N9O4. The fraction of sp³-hybridized carbons (Fsp3) is 0.294. The minimum atomic E-state index is -1.08. The van der Waals surface area contributed by atoms with Crippen molar-refractivity contribution < 1.29 is 19.4 Å². The van der Waals surface area contributed by atoms with Gasteiger partial charge in [0.1, 0.15) is 11.5 Å². The number of aromatic amines is 2. The molecule has 2 aliphatic heterocycles. The lowest BCUT2D eigenvalue weighted by Crippen LogP contribution is -2.48. The number of fused-ring (bicyclic) bond motifs is 1. The van der Waals surface area contributed by atoms with Gasteiger partial charge < -0.3 is 20.1 Å². The first-order valence-electron chi connectivity index (χ1n) is 15.5. The first-order valence-corrected chi connectivity index (χ1v) is 15.5. The number of likely N-dealkylation sites (tertiary alicyclic amines) is 1. The molecule has 1 atom stereocenters. The predicted octanol–water partition coefficient (Wildman–Crippen LogP) is 3.77. The summed E-state index contributed by atoms with van der Waals surface area (Å²) in [7, 11) is 1.54. The maximum absolute atomic E-state index is 13.6. The summed E-state index contributed by atoms with van der Waals surface area (Å²) in [6.45, 7) is 4.15. The molecule has 1 saturated heterocycles. The first kappa shape index (κ1) is 30.3. The third-order valence-electron chi connectivity index (χ3n) is 8.99. The smallest absolute Gasteiger partial charge is 0.258 e. The minimum Gasteiger partial charge on any atom is -0.493 e. The number of aromatic hydroxyl groups is 1. The molecule has 0 radical (unpaired) electrons. The second-order valence-electron chi connectivity index (χ2n) is 12.0. The third kappa shape index (κ3) is 6.10. The van der Waals surface area contributed by atoms with Crippen molar-refractivity contribution in [1.29, 1.82) is 0 Å². The number of aromatic nitrogens is 6. The summed E-state index contributed by atoms with van der Waals surface area (Å²) in [5.74, 6) is 1.15. The van der Waals surface area contributed by atoms with Crippen LogP contribution in [-0.4, -0.2) is 103 Å².